The van der Waals surface area contributed by atoms with Gasteiger partial charge < -0.3 is 5.73 Å². The van der Waals surface area contributed by atoms with Crippen molar-refractivity contribution in [3.63, 3.8) is 0 Å². The van der Waals surface area contributed by atoms with E-state index in [0.717, 1.165) is 6.42 Å². The summed E-state index contributed by atoms with van der Waals surface area (Å²) in [6.07, 6.45) is 1.31. The minimum atomic E-state index is -0.0509. The first-order valence-corrected chi connectivity index (χ1v) is 4.63. The average Bonchev–Trinajstić information content (AvgIpc) is 2.18. The molecule has 1 aromatic rings. The monoisotopic (exact) mass is 190 g/mol. The standard InChI is InChI=1S/C11H14N2O/c1-2-5-10(14)8-6-3-4-7-9(8)11(12)13/h3-4,6-7H,2,5H2,1H3,(H3,12,13). The number of hydrogen-bond donors (Lipinski definition) is 2. The first kappa shape index (κ1) is 10.4. The van der Waals surface area contributed by atoms with Gasteiger partial charge in [-0.05, 0) is 6.42 Å². The van der Waals surface area contributed by atoms with Crippen molar-refractivity contribution in [1.82, 2.24) is 0 Å². The molecule has 0 aliphatic heterocycles. The van der Waals surface area contributed by atoms with E-state index >= 15 is 0 Å². The number of ketones is 1. The summed E-state index contributed by atoms with van der Waals surface area (Å²) in [4.78, 5) is 11.6. The van der Waals surface area contributed by atoms with Crippen LogP contribution in [-0.4, -0.2) is 11.6 Å². The highest BCUT2D eigenvalue weighted by atomic mass is 16.1. The molecule has 0 heterocycles. The lowest BCUT2D eigenvalue weighted by molar-refractivity contribution is 0.0981. The summed E-state index contributed by atoms with van der Waals surface area (Å²) in [5.41, 5.74) is 6.47. The van der Waals surface area contributed by atoms with Crippen molar-refractivity contribution in [2.24, 2.45) is 5.73 Å². The molecule has 1 rings (SSSR count). The van der Waals surface area contributed by atoms with Crippen molar-refractivity contribution in [2.75, 3.05) is 0 Å². The van der Waals surface area contributed by atoms with Crippen LogP contribution < -0.4 is 5.73 Å². The van der Waals surface area contributed by atoms with E-state index in [1.807, 2.05) is 6.92 Å². The van der Waals surface area contributed by atoms with E-state index < -0.39 is 0 Å². The molecule has 3 N–H and O–H groups in total. The Morgan fingerprint density at radius 2 is 1.93 bits per heavy atom. The summed E-state index contributed by atoms with van der Waals surface area (Å²) in [5, 5.41) is 7.33. The zero-order valence-electron chi connectivity index (χ0n) is 8.21. The molecule has 0 radical (unpaired) electrons. The van der Waals surface area contributed by atoms with Crippen LogP contribution in [0.5, 0.6) is 0 Å². The summed E-state index contributed by atoms with van der Waals surface area (Å²) in [6, 6.07) is 6.98. The fourth-order valence-electron chi connectivity index (χ4n) is 1.32. The maximum absolute atomic E-state index is 11.6. The third-order valence-corrected chi connectivity index (χ3v) is 1.99. The van der Waals surface area contributed by atoms with E-state index in [0.29, 0.717) is 17.5 Å². The van der Waals surface area contributed by atoms with Crippen molar-refractivity contribution in [3.05, 3.63) is 35.4 Å². The van der Waals surface area contributed by atoms with Crippen LogP contribution in [0.1, 0.15) is 35.7 Å². The van der Waals surface area contributed by atoms with Crippen molar-refractivity contribution in [3.8, 4) is 0 Å². The van der Waals surface area contributed by atoms with Crippen LogP contribution in [-0.2, 0) is 0 Å². The van der Waals surface area contributed by atoms with Gasteiger partial charge in [0.15, 0.2) is 5.78 Å². The first-order valence-electron chi connectivity index (χ1n) is 4.63. The summed E-state index contributed by atoms with van der Waals surface area (Å²) in [6.45, 7) is 1.95. The van der Waals surface area contributed by atoms with Gasteiger partial charge in [0.2, 0.25) is 0 Å². The van der Waals surface area contributed by atoms with E-state index in [1.165, 1.54) is 0 Å². The maximum atomic E-state index is 11.6. The van der Waals surface area contributed by atoms with Gasteiger partial charge in [-0.1, -0.05) is 31.2 Å². The minimum absolute atomic E-state index is 0.0509. The van der Waals surface area contributed by atoms with Crippen LogP contribution in [0.4, 0.5) is 0 Å². The van der Waals surface area contributed by atoms with Crippen molar-refractivity contribution in [1.29, 1.82) is 5.41 Å². The van der Waals surface area contributed by atoms with Gasteiger partial charge in [0.05, 0.1) is 0 Å². The molecule has 0 amide bonds. The van der Waals surface area contributed by atoms with E-state index in [-0.39, 0.29) is 11.6 Å². The highest BCUT2D eigenvalue weighted by Crippen LogP contribution is 2.11. The molecule has 0 saturated carbocycles. The molecule has 3 nitrogen and oxygen atoms in total. The molecule has 0 aromatic heterocycles. The maximum Gasteiger partial charge on any atom is 0.163 e. The first-order chi connectivity index (χ1) is 6.66. The normalized spacial score (nSPS) is 9.79. The Labute approximate surface area is 83.4 Å². The Hall–Kier alpha value is -1.64. The molecule has 0 saturated heterocycles. The number of carbonyl (C=O) groups excluding carboxylic acids is 1. The van der Waals surface area contributed by atoms with Gasteiger partial charge in [0.1, 0.15) is 5.84 Å². The van der Waals surface area contributed by atoms with Gasteiger partial charge in [-0.3, -0.25) is 10.2 Å². The number of benzene rings is 1. The van der Waals surface area contributed by atoms with Gasteiger partial charge in [-0.2, -0.15) is 0 Å². The fraction of sp³-hybridized carbons (Fsp3) is 0.273. The van der Waals surface area contributed by atoms with Crippen molar-refractivity contribution >= 4 is 11.6 Å². The predicted molar refractivity (Wildman–Crippen MR) is 56.7 cm³/mol. The lowest BCUT2D eigenvalue weighted by atomic mass is 10.0. The highest BCUT2D eigenvalue weighted by Gasteiger charge is 2.10. The zero-order chi connectivity index (χ0) is 10.6. The molecule has 74 valence electrons. The Bertz CT molecular complexity index is 358. The van der Waals surface area contributed by atoms with E-state index in [1.54, 1.807) is 24.3 Å². The molecule has 14 heavy (non-hydrogen) atoms. The Morgan fingerprint density at radius 1 is 1.36 bits per heavy atom. The summed E-state index contributed by atoms with van der Waals surface area (Å²) in [5.74, 6) is 0.00310. The van der Waals surface area contributed by atoms with Gasteiger partial charge >= 0.3 is 0 Å². The van der Waals surface area contributed by atoms with Crippen LogP contribution in [0.15, 0.2) is 24.3 Å². The molecule has 1 aromatic carbocycles. The fourth-order valence-corrected chi connectivity index (χ4v) is 1.32. The van der Waals surface area contributed by atoms with Crippen LogP contribution >= 0.6 is 0 Å². The van der Waals surface area contributed by atoms with E-state index in [4.69, 9.17) is 11.1 Å². The molecule has 0 aliphatic rings. The number of hydrogen-bond acceptors (Lipinski definition) is 2. The Morgan fingerprint density at radius 3 is 2.43 bits per heavy atom. The van der Waals surface area contributed by atoms with Gasteiger partial charge in [-0.25, -0.2) is 0 Å². The van der Waals surface area contributed by atoms with Gasteiger partial charge in [-0.15, -0.1) is 0 Å². The number of carbonyl (C=O) groups is 1. The second-order valence-electron chi connectivity index (χ2n) is 3.13. The van der Waals surface area contributed by atoms with Crippen molar-refractivity contribution < 1.29 is 4.79 Å². The smallest absolute Gasteiger partial charge is 0.163 e. The third-order valence-electron chi connectivity index (χ3n) is 1.99. The van der Waals surface area contributed by atoms with E-state index in [2.05, 4.69) is 0 Å². The molecule has 0 spiro atoms. The quantitative estimate of drug-likeness (QED) is 0.433. The number of nitrogens with one attached hydrogen (secondary N) is 1. The average molecular weight is 190 g/mol. The van der Waals surface area contributed by atoms with E-state index in [9.17, 15) is 4.79 Å². The molecule has 0 fully saturated rings. The Balaban J connectivity index is 3.07. The van der Waals surface area contributed by atoms with Crippen molar-refractivity contribution in [2.45, 2.75) is 19.8 Å². The molecule has 0 unspecified atom stereocenters. The predicted octanol–water partition coefficient (Wildman–Crippen LogP) is 1.95. The molecular weight excluding hydrogens is 176 g/mol. The molecule has 0 aliphatic carbocycles. The number of Topliss-reactive ketones (excluding diaryl/α,β-unsaturated/α-hetero) is 1. The highest BCUT2D eigenvalue weighted by molar-refractivity contribution is 6.08. The molecular formula is C11H14N2O. The SMILES string of the molecule is CCCC(=O)c1ccccc1C(=N)N. The third kappa shape index (κ3) is 2.19. The lowest BCUT2D eigenvalue weighted by Crippen LogP contribution is -2.16. The Kier molecular flexibility index (Phi) is 3.40. The minimum Gasteiger partial charge on any atom is -0.384 e. The summed E-state index contributed by atoms with van der Waals surface area (Å²) < 4.78 is 0. The number of rotatable bonds is 4. The molecule has 0 bridgehead atoms. The largest absolute Gasteiger partial charge is 0.384 e. The summed E-state index contributed by atoms with van der Waals surface area (Å²) >= 11 is 0. The summed E-state index contributed by atoms with van der Waals surface area (Å²) in [7, 11) is 0. The number of nitrogens with two attached hydrogens (primary N) is 1. The number of nitrogen functional groups attached to an aromatic ring is 1. The number of amidine groups is 1. The van der Waals surface area contributed by atoms with Crippen LogP contribution in [0.2, 0.25) is 0 Å². The van der Waals surface area contributed by atoms with Gasteiger partial charge in [0.25, 0.3) is 0 Å². The topological polar surface area (TPSA) is 66.9 Å². The zero-order valence-corrected chi connectivity index (χ0v) is 8.21. The second-order valence-corrected chi connectivity index (χ2v) is 3.13. The molecule has 0 atom stereocenters. The molecule has 3 heteroatoms. The van der Waals surface area contributed by atoms with Crippen LogP contribution in [0.25, 0.3) is 0 Å². The lowest BCUT2D eigenvalue weighted by Gasteiger charge is -2.05. The van der Waals surface area contributed by atoms with Crippen LogP contribution in [0.3, 0.4) is 0 Å². The van der Waals surface area contributed by atoms with Crippen LogP contribution in [0, 0.1) is 5.41 Å². The second kappa shape index (κ2) is 4.56. The van der Waals surface area contributed by atoms with Gasteiger partial charge in [0, 0.05) is 17.5 Å².